The van der Waals surface area contributed by atoms with Crippen molar-refractivity contribution >= 4 is 28.1 Å². The van der Waals surface area contributed by atoms with Crippen LogP contribution in [0.15, 0.2) is 24.3 Å². The second kappa shape index (κ2) is 5.33. The molecule has 0 amide bonds. The van der Waals surface area contributed by atoms with Gasteiger partial charge in [-0.2, -0.15) is 0 Å². The Bertz CT molecular complexity index is 486. The number of benzene rings is 1. The van der Waals surface area contributed by atoms with Gasteiger partial charge in [0.05, 0.1) is 0 Å². The molecule has 90 valence electrons. The predicted octanol–water partition coefficient (Wildman–Crippen LogP) is 3.30. The standard InChI is InChI=1S/C11H12ClN3OS/c1-2-9(10-14-15-11(13)17-10)16-8-5-3-7(12)4-6-8/h3-6,9H,2H2,1H3,(H2,13,15). The largest absolute Gasteiger partial charge is 0.483 e. The Labute approximate surface area is 108 Å². The van der Waals surface area contributed by atoms with Crippen LogP contribution >= 0.6 is 22.9 Å². The first-order valence-electron chi connectivity index (χ1n) is 5.20. The van der Waals surface area contributed by atoms with Crippen molar-refractivity contribution in [3.8, 4) is 5.75 Å². The Kier molecular flexibility index (Phi) is 3.81. The molecular formula is C11H12ClN3OS. The lowest BCUT2D eigenvalue weighted by molar-refractivity contribution is 0.200. The zero-order valence-electron chi connectivity index (χ0n) is 9.26. The Hall–Kier alpha value is -1.33. The molecule has 1 aromatic carbocycles. The van der Waals surface area contributed by atoms with Crippen molar-refractivity contribution in [1.82, 2.24) is 10.2 Å². The first kappa shape index (κ1) is 12.1. The molecule has 1 heterocycles. The second-order valence-electron chi connectivity index (χ2n) is 3.45. The maximum atomic E-state index is 5.81. The van der Waals surface area contributed by atoms with E-state index < -0.39 is 0 Å². The van der Waals surface area contributed by atoms with Gasteiger partial charge in [0, 0.05) is 5.02 Å². The molecule has 0 saturated carbocycles. The van der Waals surface area contributed by atoms with E-state index in [2.05, 4.69) is 10.2 Å². The molecule has 0 radical (unpaired) electrons. The number of nitrogens with zero attached hydrogens (tertiary/aromatic N) is 2. The summed E-state index contributed by atoms with van der Waals surface area (Å²) in [7, 11) is 0. The molecule has 2 aromatic rings. The maximum absolute atomic E-state index is 5.81. The molecular weight excluding hydrogens is 258 g/mol. The first-order valence-corrected chi connectivity index (χ1v) is 6.39. The summed E-state index contributed by atoms with van der Waals surface area (Å²) in [6.07, 6.45) is 0.683. The van der Waals surface area contributed by atoms with E-state index in [-0.39, 0.29) is 6.10 Å². The van der Waals surface area contributed by atoms with Gasteiger partial charge in [-0.25, -0.2) is 0 Å². The number of halogens is 1. The molecule has 2 N–H and O–H groups in total. The highest BCUT2D eigenvalue weighted by atomic mass is 35.5. The quantitative estimate of drug-likeness (QED) is 0.925. The van der Waals surface area contributed by atoms with Crippen LogP contribution in [0.2, 0.25) is 5.02 Å². The van der Waals surface area contributed by atoms with Crippen molar-refractivity contribution in [2.75, 3.05) is 5.73 Å². The summed E-state index contributed by atoms with van der Waals surface area (Å²) >= 11 is 7.16. The SMILES string of the molecule is CCC(Oc1ccc(Cl)cc1)c1nnc(N)s1. The molecule has 2 rings (SSSR count). The zero-order valence-corrected chi connectivity index (χ0v) is 10.8. The number of ether oxygens (including phenoxy) is 1. The molecule has 1 aromatic heterocycles. The molecule has 17 heavy (non-hydrogen) atoms. The van der Waals surface area contributed by atoms with Crippen LogP contribution in [0.4, 0.5) is 5.13 Å². The number of hydrogen-bond acceptors (Lipinski definition) is 5. The number of nitrogens with two attached hydrogens (primary N) is 1. The van der Waals surface area contributed by atoms with Crippen LogP contribution in [0.3, 0.4) is 0 Å². The van der Waals surface area contributed by atoms with Crippen molar-refractivity contribution in [2.24, 2.45) is 0 Å². The molecule has 1 unspecified atom stereocenters. The highest BCUT2D eigenvalue weighted by Gasteiger charge is 2.16. The van der Waals surface area contributed by atoms with Crippen LogP contribution in [0, 0.1) is 0 Å². The van der Waals surface area contributed by atoms with Crippen LogP contribution in [0.1, 0.15) is 24.5 Å². The molecule has 0 spiro atoms. The van der Waals surface area contributed by atoms with Gasteiger partial charge >= 0.3 is 0 Å². The van der Waals surface area contributed by atoms with E-state index in [1.165, 1.54) is 11.3 Å². The topological polar surface area (TPSA) is 61.0 Å². The normalized spacial score (nSPS) is 12.4. The van der Waals surface area contributed by atoms with Crippen molar-refractivity contribution in [3.05, 3.63) is 34.3 Å². The Morgan fingerprint density at radius 2 is 2.06 bits per heavy atom. The molecule has 0 aliphatic rings. The van der Waals surface area contributed by atoms with E-state index in [0.717, 1.165) is 17.2 Å². The average Bonchev–Trinajstić information content (AvgIpc) is 2.75. The Balaban J connectivity index is 2.12. The minimum atomic E-state index is -0.119. The summed E-state index contributed by atoms with van der Waals surface area (Å²) in [5.74, 6) is 0.759. The van der Waals surface area contributed by atoms with E-state index >= 15 is 0 Å². The van der Waals surface area contributed by atoms with Gasteiger partial charge in [0.15, 0.2) is 11.1 Å². The summed E-state index contributed by atoms with van der Waals surface area (Å²) in [4.78, 5) is 0. The number of hydrogen-bond donors (Lipinski definition) is 1. The lowest BCUT2D eigenvalue weighted by Crippen LogP contribution is -2.06. The summed E-state index contributed by atoms with van der Waals surface area (Å²) < 4.78 is 5.81. The van der Waals surface area contributed by atoms with Gasteiger partial charge in [-0.1, -0.05) is 29.9 Å². The average molecular weight is 270 g/mol. The van der Waals surface area contributed by atoms with E-state index in [1.54, 1.807) is 12.1 Å². The maximum Gasteiger partial charge on any atom is 0.203 e. The molecule has 0 bridgehead atoms. The fraction of sp³-hybridized carbons (Fsp3) is 0.273. The smallest absolute Gasteiger partial charge is 0.203 e. The fourth-order valence-electron chi connectivity index (χ4n) is 1.36. The summed E-state index contributed by atoms with van der Waals surface area (Å²) in [6, 6.07) is 7.24. The van der Waals surface area contributed by atoms with Crippen LogP contribution in [0.5, 0.6) is 5.75 Å². The zero-order chi connectivity index (χ0) is 12.3. The molecule has 4 nitrogen and oxygen atoms in total. The Morgan fingerprint density at radius 3 is 2.59 bits per heavy atom. The summed E-state index contributed by atoms with van der Waals surface area (Å²) in [5, 5.41) is 9.71. The second-order valence-corrected chi connectivity index (χ2v) is 4.92. The third-order valence-electron chi connectivity index (χ3n) is 2.19. The highest BCUT2D eigenvalue weighted by molar-refractivity contribution is 7.15. The van der Waals surface area contributed by atoms with Gasteiger partial charge < -0.3 is 10.5 Å². The van der Waals surface area contributed by atoms with Gasteiger partial charge in [0.2, 0.25) is 5.13 Å². The molecule has 0 fully saturated rings. The molecule has 0 saturated heterocycles. The van der Waals surface area contributed by atoms with Crippen LogP contribution < -0.4 is 10.5 Å². The highest BCUT2D eigenvalue weighted by Crippen LogP contribution is 2.28. The number of aromatic nitrogens is 2. The first-order chi connectivity index (χ1) is 8.19. The van der Waals surface area contributed by atoms with Crippen molar-refractivity contribution in [1.29, 1.82) is 0 Å². The van der Waals surface area contributed by atoms with Crippen molar-refractivity contribution in [2.45, 2.75) is 19.4 Å². The number of nitrogen functional groups attached to an aromatic ring is 1. The number of anilines is 1. The van der Waals surface area contributed by atoms with Gasteiger partial charge in [-0.3, -0.25) is 0 Å². The Morgan fingerprint density at radius 1 is 1.35 bits per heavy atom. The van der Waals surface area contributed by atoms with Gasteiger partial charge in [0.1, 0.15) is 5.75 Å². The van der Waals surface area contributed by atoms with Crippen LogP contribution in [-0.4, -0.2) is 10.2 Å². The third kappa shape index (κ3) is 3.08. The van der Waals surface area contributed by atoms with Gasteiger partial charge in [0.25, 0.3) is 0 Å². The minimum absolute atomic E-state index is 0.119. The predicted molar refractivity (Wildman–Crippen MR) is 69.4 cm³/mol. The van der Waals surface area contributed by atoms with E-state index in [9.17, 15) is 0 Å². The van der Waals surface area contributed by atoms with Gasteiger partial charge in [-0.05, 0) is 30.7 Å². The monoisotopic (exact) mass is 269 g/mol. The van der Waals surface area contributed by atoms with Crippen LogP contribution in [-0.2, 0) is 0 Å². The van der Waals surface area contributed by atoms with Gasteiger partial charge in [-0.15, -0.1) is 10.2 Å². The van der Waals surface area contributed by atoms with E-state index in [4.69, 9.17) is 22.1 Å². The number of rotatable bonds is 4. The third-order valence-corrected chi connectivity index (χ3v) is 3.29. The lowest BCUT2D eigenvalue weighted by Gasteiger charge is -2.14. The van der Waals surface area contributed by atoms with Crippen molar-refractivity contribution in [3.63, 3.8) is 0 Å². The summed E-state index contributed by atoms with van der Waals surface area (Å²) in [6.45, 7) is 2.03. The summed E-state index contributed by atoms with van der Waals surface area (Å²) in [5.41, 5.74) is 5.56. The molecule has 1 atom stereocenters. The molecule has 0 aliphatic carbocycles. The fourth-order valence-corrected chi connectivity index (χ4v) is 2.21. The lowest BCUT2D eigenvalue weighted by atomic mass is 10.3. The van der Waals surface area contributed by atoms with E-state index in [0.29, 0.717) is 10.2 Å². The van der Waals surface area contributed by atoms with Crippen molar-refractivity contribution < 1.29 is 4.74 Å². The van der Waals surface area contributed by atoms with Crippen LogP contribution in [0.25, 0.3) is 0 Å². The molecule has 0 aliphatic heterocycles. The van der Waals surface area contributed by atoms with E-state index in [1.807, 2.05) is 19.1 Å². The minimum Gasteiger partial charge on any atom is -0.483 e. The molecule has 6 heteroatoms.